The monoisotopic (exact) mass is 235 g/mol. The molecule has 0 aliphatic rings. The van der Waals surface area contributed by atoms with Crippen molar-refractivity contribution in [3.8, 4) is 0 Å². The van der Waals surface area contributed by atoms with E-state index in [1.165, 1.54) is 0 Å². The summed E-state index contributed by atoms with van der Waals surface area (Å²) in [4.78, 5) is 15.8. The first kappa shape index (κ1) is 10.7. The zero-order chi connectivity index (χ0) is 11.5. The summed E-state index contributed by atoms with van der Waals surface area (Å²) in [5, 5.41) is 3.21. The molecule has 5 heteroatoms. The van der Waals surface area contributed by atoms with Gasteiger partial charge in [-0.2, -0.15) is 0 Å². The van der Waals surface area contributed by atoms with E-state index in [9.17, 15) is 4.79 Å². The molecule has 2 rings (SSSR count). The number of halogens is 1. The van der Waals surface area contributed by atoms with Crippen molar-refractivity contribution >= 4 is 23.3 Å². The summed E-state index contributed by atoms with van der Waals surface area (Å²) in [7, 11) is 1.81. The van der Waals surface area contributed by atoms with Crippen LogP contribution < -0.4 is 5.32 Å². The van der Waals surface area contributed by atoms with Gasteiger partial charge in [-0.05, 0) is 24.3 Å². The molecule has 0 unspecified atom stereocenters. The number of hydrogen-bond donors (Lipinski definition) is 1. The van der Waals surface area contributed by atoms with E-state index >= 15 is 0 Å². The van der Waals surface area contributed by atoms with Crippen molar-refractivity contribution in [3.63, 3.8) is 0 Å². The molecule has 0 spiro atoms. The van der Waals surface area contributed by atoms with Crippen LogP contribution >= 0.6 is 11.6 Å². The summed E-state index contributed by atoms with van der Waals surface area (Å²) in [6, 6.07) is 6.79. The van der Waals surface area contributed by atoms with Crippen LogP contribution in [0.4, 0.5) is 5.82 Å². The number of carbonyl (C=O) groups is 1. The van der Waals surface area contributed by atoms with Crippen LogP contribution in [-0.4, -0.2) is 15.5 Å². The van der Waals surface area contributed by atoms with Crippen molar-refractivity contribution in [2.24, 2.45) is 7.05 Å². The summed E-state index contributed by atoms with van der Waals surface area (Å²) in [5.74, 6) is 0.237. The van der Waals surface area contributed by atoms with E-state index in [2.05, 4.69) is 10.3 Å². The molecule has 0 aliphatic carbocycles. The zero-order valence-electron chi connectivity index (χ0n) is 8.64. The fourth-order valence-corrected chi connectivity index (χ4v) is 1.51. The molecule has 0 fully saturated rings. The minimum absolute atomic E-state index is 0.206. The summed E-state index contributed by atoms with van der Waals surface area (Å²) < 4.78 is 1.74. The lowest BCUT2D eigenvalue weighted by atomic mass is 10.4. The highest BCUT2D eigenvalue weighted by atomic mass is 35.5. The smallest absolute Gasteiger partial charge is 0.273 e. The van der Waals surface area contributed by atoms with Crippen LogP contribution in [-0.2, 0) is 7.05 Å². The van der Waals surface area contributed by atoms with Gasteiger partial charge >= 0.3 is 0 Å². The molecule has 2 aromatic rings. The Morgan fingerprint density at radius 1 is 1.50 bits per heavy atom. The van der Waals surface area contributed by atoms with Gasteiger partial charge in [0.25, 0.3) is 5.91 Å². The Morgan fingerprint density at radius 3 is 2.94 bits per heavy atom. The SMILES string of the molecule is Cn1cccc1C(=O)Nc1cc(Cl)ccn1. The Labute approximate surface area is 97.9 Å². The number of nitrogens with one attached hydrogen (secondary N) is 1. The van der Waals surface area contributed by atoms with Crippen molar-refractivity contribution in [1.29, 1.82) is 0 Å². The molecule has 4 nitrogen and oxygen atoms in total. The number of carbonyl (C=O) groups excluding carboxylic acids is 1. The van der Waals surface area contributed by atoms with E-state index in [-0.39, 0.29) is 5.91 Å². The van der Waals surface area contributed by atoms with E-state index in [1.807, 2.05) is 0 Å². The van der Waals surface area contributed by atoms with Crippen molar-refractivity contribution in [1.82, 2.24) is 9.55 Å². The van der Waals surface area contributed by atoms with Crippen LogP contribution in [0.15, 0.2) is 36.7 Å². The van der Waals surface area contributed by atoms with Crippen molar-refractivity contribution in [3.05, 3.63) is 47.4 Å². The molecule has 2 aromatic heterocycles. The largest absolute Gasteiger partial charge is 0.347 e. The minimum Gasteiger partial charge on any atom is -0.347 e. The normalized spacial score (nSPS) is 10.1. The average Bonchev–Trinajstić information content (AvgIpc) is 2.64. The first-order chi connectivity index (χ1) is 7.66. The predicted molar refractivity (Wildman–Crippen MR) is 62.6 cm³/mol. The average molecular weight is 236 g/mol. The molecule has 1 N–H and O–H groups in total. The van der Waals surface area contributed by atoms with Crippen molar-refractivity contribution in [2.45, 2.75) is 0 Å². The van der Waals surface area contributed by atoms with Gasteiger partial charge in [-0.1, -0.05) is 11.6 Å². The number of hydrogen-bond acceptors (Lipinski definition) is 2. The van der Waals surface area contributed by atoms with Gasteiger partial charge < -0.3 is 9.88 Å². The number of aromatic nitrogens is 2. The molecule has 0 aliphatic heterocycles. The molecule has 2 heterocycles. The molecule has 16 heavy (non-hydrogen) atoms. The first-order valence-electron chi connectivity index (χ1n) is 4.71. The number of amides is 1. The second kappa shape index (κ2) is 4.37. The molecular formula is C11H10ClN3O. The van der Waals surface area contributed by atoms with E-state index in [4.69, 9.17) is 11.6 Å². The van der Waals surface area contributed by atoms with Gasteiger partial charge in [0.2, 0.25) is 0 Å². The Bertz CT molecular complexity index is 521. The summed E-state index contributed by atoms with van der Waals surface area (Å²) in [6.07, 6.45) is 3.35. The van der Waals surface area contributed by atoms with Crippen LogP contribution in [0.1, 0.15) is 10.5 Å². The van der Waals surface area contributed by atoms with Gasteiger partial charge in [0.05, 0.1) is 0 Å². The lowest BCUT2D eigenvalue weighted by Crippen LogP contribution is -2.15. The molecule has 0 aromatic carbocycles. The third-order valence-electron chi connectivity index (χ3n) is 2.14. The first-order valence-corrected chi connectivity index (χ1v) is 5.09. The van der Waals surface area contributed by atoms with Gasteiger partial charge in [0.1, 0.15) is 11.5 Å². The van der Waals surface area contributed by atoms with Crippen LogP contribution in [0.5, 0.6) is 0 Å². The highest BCUT2D eigenvalue weighted by Gasteiger charge is 2.09. The molecule has 0 atom stereocenters. The van der Waals surface area contributed by atoms with E-state index in [0.29, 0.717) is 16.5 Å². The summed E-state index contributed by atoms with van der Waals surface area (Å²) in [6.45, 7) is 0. The Hall–Kier alpha value is -1.81. The fourth-order valence-electron chi connectivity index (χ4n) is 1.35. The standard InChI is InChI=1S/C11H10ClN3O/c1-15-6-2-3-9(15)11(16)14-10-7-8(12)4-5-13-10/h2-7H,1H3,(H,13,14,16). The zero-order valence-corrected chi connectivity index (χ0v) is 9.40. The van der Waals surface area contributed by atoms with E-state index < -0.39 is 0 Å². The summed E-state index contributed by atoms with van der Waals surface area (Å²) >= 11 is 5.79. The maximum absolute atomic E-state index is 11.8. The quantitative estimate of drug-likeness (QED) is 0.869. The molecule has 82 valence electrons. The second-order valence-electron chi connectivity index (χ2n) is 3.32. The lowest BCUT2D eigenvalue weighted by Gasteiger charge is -2.05. The van der Waals surface area contributed by atoms with Crippen LogP contribution in [0.3, 0.4) is 0 Å². The fraction of sp³-hybridized carbons (Fsp3) is 0.0909. The van der Waals surface area contributed by atoms with Crippen molar-refractivity contribution < 1.29 is 4.79 Å². The van der Waals surface area contributed by atoms with E-state index in [0.717, 1.165) is 0 Å². The molecule has 0 saturated heterocycles. The third kappa shape index (κ3) is 2.23. The third-order valence-corrected chi connectivity index (χ3v) is 2.38. The maximum atomic E-state index is 11.8. The van der Waals surface area contributed by atoms with Crippen LogP contribution in [0.2, 0.25) is 5.02 Å². The number of rotatable bonds is 2. The van der Waals surface area contributed by atoms with E-state index in [1.54, 1.807) is 48.3 Å². The summed E-state index contributed by atoms with van der Waals surface area (Å²) in [5.41, 5.74) is 0.571. The molecule has 1 amide bonds. The van der Waals surface area contributed by atoms with Gasteiger partial charge in [0.15, 0.2) is 0 Å². The highest BCUT2D eigenvalue weighted by molar-refractivity contribution is 6.30. The minimum atomic E-state index is -0.206. The highest BCUT2D eigenvalue weighted by Crippen LogP contribution is 2.12. The Balaban J connectivity index is 2.17. The number of anilines is 1. The number of aryl methyl sites for hydroxylation is 1. The molecule has 0 radical (unpaired) electrons. The lowest BCUT2D eigenvalue weighted by molar-refractivity contribution is 0.101. The predicted octanol–water partition coefficient (Wildman–Crippen LogP) is 2.33. The maximum Gasteiger partial charge on any atom is 0.273 e. The van der Waals surface area contributed by atoms with Crippen LogP contribution in [0, 0.1) is 0 Å². The number of nitrogens with zero attached hydrogens (tertiary/aromatic N) is 2. The Kier molecular flexibility index (Phi) is 2.92. The van der Waals surface area contributed by atoms with Gasteiger partial charge in [-0.25, -0.2) is 4.98 Å². The van der Waals surface area contributed by atoms with Crippen LogP contribution in [0.25, 0.3) is 0 Å². The molecular weight excluding hydrogens is 226 g/mol. The van der Waals surface area contributed by atoms with Crippen molar-refractivity contribution in [2.75, 3.05) is 5.32 Å². The molecule has 0 saturated carbocycles. The van der Waals surface area contributed by atoms with Gasteiger partial charge in [0, 0.05) is 24.5 Å². The van der Waals surface area contributed by atoms with Gasteiger partial charge in [-0.3, -0.25) is 4.79 Å². The Morgan fingerprint density at radius 2 is 2.31 bits per heavy atom. The topological polar surface area (TPSA) is 46.9 Å². The van der Waals surface area contributed by atoms with Gasteiger partial charge in [-0.15, -0.1) is 0 Å². The second-order valence-corrected chi connectivity index (χ2v) is 3.75. The molecule has 0 bridgehead atoms. The number of pyridine rings is 1.